The SMILES string of the molecule is CC(NC1CC(C)N(C2CC2)C1)C1CCCC1. The minimum atomic E-state index is 0.744. The van der Waals surface area contributed by atoms with Crippen LogP contribution in [0.2, 0.25) is 0 Å². The van der Waals surface area contributed by atoms with Gasteiger partial charge < -0.3 is 5.32 Å². The smallest absolute Gasteiger partial charge is 0.0212 e. The van der Waals surface area contributed by atoms with Gasteiger partial charge in [-0.15, -0.1) is 0 Å². The van der Waals surface area contributed by atoms with Gasteiger partial charge in [-0.1, -0.05) is 12.8 Å². The van der Waals surface area contributed by atoms with Crippen molar-refractivity contribution in [3.63, 3.8) is 0 Å². The first-order chi connectivity index (χ1) is 8.24. The highest BCUT2D eigenvalue weighted by Gasteiger charge is 2.39. The molecule has 3 rings (SSSR count). The van der Waals surface area contributed by atoms with Crippen LogP contribution < -0.4 is 5.32 Å². The summed E-state index contributed by atoms with van der Waals surface area (Å²) in [6, 6.07) is 3.27. The van der Waals surface area contributed by atoms with Crippen molar-refractivity contribution in [2.75, 3.05) is 6.54 Å². The maximum absolute atomic E-state index is 3.92. The van der Waals surface area contributed by atoms with E-state index >= 15 is 0 Å². The lowest BCUT2D eigenvalue weighted by molar-refractivity contribution is 0.251. The molecule has 17 heavy (non-hydrogen) atoms. The van der Waals surface area contributed by atoms with Crippen LogP contribution in [0.15, 0.2) is 0 Å². The standard InChI is InChI=1S/C15H28N2/c1-11-9-14(10-17(11)15-7-8-15)16-12(2)13-5-3-4-6-13/h11-16H,3-10H2,1-2H3. The lowest BCUT2D eigenvalue weighted by Gasteiger charge is -2.25. The molecule has 0 aromatic heterocycles. The zero-order valence-electron chi connectivity index (χ0n) is 11.5. The third-order valence-corrected chi connectivity index (χ3v) is 5.24. The molecule has 3 aliphatic rings. The Morgan fingerprint density at radius 3 is 2.47 bits per heavy atom. The van der Waals surface area contributed by atoms with E-state index in [0.29, 0.717) is 0 Å². The van der Waals surface area contributed by atoms with E-state index in [-0.39, 0.29) is 0 Å². The molecule has 1 heterocycles. The summed E-state index contributed by atoms with van der Waals surface area (Å²) in [5.74, 6) is 0.959. The highest BCUT2D eigenvalue weighted by molar-refractivity contribution is 4.97. The van der Waals surface area contributed by atoms with Gasteiger partial charge in [0.05, 0.1) is 0 Å². The molecule has 3 atom stereocenters. The Balaban J connectivity index is 1.48. The molecule has 1 aliphatic heterocycles. The predicted octanol–water partition coefficient (Wildman–Crippen LogP) is 2.78. The van der Waals surface area contributed by atoms with Crippen LogP contribution in [0.4, 0.5) is 0 Å². The van der Waals surface area contributed by atoms with Gasteiger partial charge in [-0.3, -0.25) is 4.90 Å². The summed E-state index contributed by atoms with van der Waals surface area (Å²) in [6.45, 7) is 6.14. The van der Waals surface area contributed by atoms with E-state index in [0.717, 1.165) is 30.1 Å². The zero-order chi connectivity index (χ0) is 11.8. The zero-order valence-corrected chi connectivity index (χ0v) is 11.5. The highest BCUT2D eigenvalue weighted by atomic mass is 15.3. The fraction of sp³-hybridized carbons (Fsp3) is 1.00. The highest BCUT2D eigenvalue weighted by Crippen LogP contribution is 2.34. The molecule has 0 bridgehead atoms. The van der Waals surface area contributed by atoms with Crippen LogP contribution in [-0.2, 0) is 0 Å². The third-order valence-electron chi connectivity index (χ3n) is 5.24. The second-order valence-corrected chi connectivity index (χ2v) is 6.71. The number of hydrogen-bond acceptors (Lipinski definition) is 2. The average molecular weight is 236 g/mol. The summed E-state index contributed by atoms with van der Waals surface area (Å²) in [6.07, 6.45) is 10.1. The Bertz CT molecular complexity index is 256. The first-order valence-electron chi connectivity index (χ1n) is 7.76. The monoisotopic (exact) mass is 236 g/mol. The largest absolute Gasteiger partial charge is 0.310 e. The van der Waals surface area contributed by atoms with Crippen molar-refractivity contribution in [1.82, 2.24) is 10.2 Å². The molecule has 3 unspecified atom stereocenters. The maximum Gasteiger partial charge on any atom is 0.0212 e. The van der Waals surface area contributed by atoms with Crippen LogP contribution in [0.1, 0.15) is 58.8 Å². The summed E-state index contributed by atoms with van der Waals surface area (Å²) in [5, 5.41) is 3.92. The van der Waals surface area contributed by atoms with Crippen molar-refractivity contribution >= 4 is 0 Å². The molecule has 0 radical (unpaired) electrons. The fourth-order valence-electron chi connectivity index (χ4n) is 4.06. The van der Waals surface area contributed by atoms with Crippen molar-refractivity contribution in [2.24, 2.45) is 5.92 Å². The second kappa shape index (κ2) is 4.89. The molecule has 2 saturated carbocycles. The fourth-order valence-corrected chi connectivity index (χ4v) is 4.06. The summed E-state index contributed by atoms with van der Waals surface area (Å²) in [4.78, 5) is 2.75. The van der Waals surface area contributed by atoms with E-state index in [1.807, 2.05) is 0 Å². The van der Waals surface area contributed by atoms with Crippen molar-refractivity contribution in [3.8, 4) is 0 Å². The van der Waals surface area contributed by atoms with Crippen molar-refractivity contribution in [2.45, 2.75) is 83.0 Å². The molecular weight excluding hydrogens is 208 g/mol. The molecule has 3 fully saturated rings. The van der Waals surface area contributed by atoms with Gasteiger partial charge in [-0.05, 0) is 51.9 Å². The predicted molar refractivity (Wildman–Crippen MR) is 72.2 cm³/mol. The minimum absolute atomic E-state index is 0.744. The van der Waals surface area contributed by atoms with E-state index in [9.17, 15) is 0 Å². The first-order valence-corrected chi connectivity index (χ1v) is 7.76. The van der Waals surface area contributed by atoms with Gasteiger partial charge in [-0.25, -0.2) is 0 Å². The normalized spacial score (nSPS) is 37.8. The van der Waals surface area contributed by atoms with Gasteiger partial charge in [0.1, 0.15) is 0 Å². The van der Waals surface area contributed by atoms with Crippen LogP contribution in [0.25, 0.3) is 0 Å². The lowest BCUT2D eigenvalue weighted by atomic mass is 9.98. The summed E-state index contributed by atoms with van der Waals surface area (Å²) >= 11 is 0. The Kier molecular flexibility index (Phi) is 3.45. The molecule has 2 aliphatic carbocycles. The molecule has 0 amide bonds. The average Bonchev–Trinajstić information content (AvgIpc) is 2.86. The van der Waals surface area contributed by atoms with Crippen molar-refractivity contribution < 1.29 is 0 Å². The van der Waals surface area contributed by atoms with Gasteiger partial charge in [0, 0.05) is 30.7 Å². The number of rotatable bonds is 4. The lowest BCUT2D eigenvalue weighted by Crippen LogP contribution is -2.42. The van der Waals surface area contributed by atoms with Gasteiger partial charge in [-0.2, -0.15) is 0 Å². The van der Waals surface area contributed by atoms with Gasteiger partial charge in [0.2, 0.25) is 0 Å². The van der Waals surface area contributed by atoms with E-state index in [1.165, 1.54) is 51.5 Å². The van der Waals surface area contributed by atoms with Crippen molar-refractivity contribution in [3.05, 3.63) is 0 Å². The quantitative estimate of drug-likeness (QED) is 0.807. The Morgan fingerprint density at radius 2 is 1.82 bits per heavy atom. The maximum atomic E-state index is 3.92. The molecule has 0 aromatic rings. The van der Waals surface area contributed by atoms with Gasteiger partial charge >= 0.3 is 0 Å². The number of hydrogen-bond donors (Lipinski definition) is 1. The minimum Gasteiger partial charge on any atom is -0.310 e. The van der Waals surface area contributed by atoms with E-state index in [1.54, 1.807) is 0 Å². The van der Waals surface area contributed by atoms with E-state index in [2.05, 4.69) is 24.1 Å². The van der Waals surface area contributed by atoms with Crippen LogP contribution in [0.3, 0.4) is 0 Å². The topological polar surface area (TPSA) is 15.3 Å². The van der Waals surface area contributed by atoms with Gasteiger partial charge in [0.25, 0.3) is 0 Å². The molecule has 1 N–H and O–H groups in total. The summed E-state index contributed by atoms with van der Waals surface area (Å²) in [7, 11) is 0. The number of likely N-dealkylation sites (tertiary alicyclic amines) is 1. The number of nitrogens with zero attached hydrogens (tertiary/aromatic N) is 1. The van der Waals surface area contributed by atoms with Crippen LogP contribution in [-0.4, -0.2) is 35.6 Å². The van der Waals surface area contributed by atoms with E-state index < -0.39 is 0 Å². The van der Waals surface area contributed by atoms with Crippen molar-refractivity contribution in [1.29, 1.82) is 0 Å². The van der Waals surface area contributed by atoms with Crippen LogP contribution >= 0.6 is 0 Å². The molecular formula is C15H28N2. The Hall–Kier alpha value is -0.0800. The molecule has 2 nitrogen and oxygen atoms in total. The molecule has 0 aromatic carbocycles. The second-order valence-electron chi connectivity index (χ2n) is 6.71. The molecule has 2 heteroatoms. The number of nitrogens with one attached hydrogen (secondary N) is 1. The third kappa shape index (κ3) is 2.68. The Morgan fingerprint density at radius 1 is 1.12 bits per heavy atom. The molecule has 1 saturated heterocycles. The molecule has 98 valence electrons. The van der Waals surface area contributed by atoms with E-state index in [4.69, 9.17) is 0 Å². The van der Waals surface area contributed by atoms with Crippen LogP contribution in [0.5, 0.6) is 0 Å². The Labute approximate surface area is 106 Å². The van der Waals surface area contributed by atoms with Gasteiger partial charge in [0.15, 0.2) is 0 Å². The first kappa shape index (κ1) is 12.0. The van der Waals surface area contributed by atoms with Crippen LogP contribution in [0, 0.1) is 5.92 Å². The summed E-state index contributed by atoms with van der Waals surface area (Å²) < 4.78 is 0. The molecule has 0 spiro atoms. The summed E-state index contributed by atoms with van der Waals surface area (Å²) in [5.41, 5.74) is 0.